The van der Waals surface area contributed by atoms with Crippen LogP contribution in [0, 0.1) is 6.92 Å². The molecule has 2 rings (SSSR count). The lowest BCUT2D eigenvalue weighted by molar-refractivity contribution is 0.819. The largest absolute Gasteiger partial charge is 0.324 e. The highest BCUT2D eigenvalue weighted by Gasteiger charge is 2.03. The molecule has 0 radical (unpaired) electrons. The number of benzene rings is 1. The minimum atomic E-state index is 0.103. The molecule has 1 atom stereocenters. The molecule has 0 saturated heterocycles. The van der Waals surface area contributed by atoms with Crippen LogP contribution in [0.5, 0.6) is 0 Å². The molecule has 2 aromatic rings. The first-order chi connectivity index (χ1) is 7.16. The Morgan fingerprint density at radius 3 is 2.60 bits per heavy atom. The van der Waals surface area contributed by atoms with E-state index in [2.05, 4.69) is 43.3 Å². The third kappa shape index (κ3) is 2.28. The van der Waals surface area contributed by atoms with E-state index in [0.717, 1.165) is 0 Å². The maximum atomic E-state index is 5.87. The van der Waals surface area contributed by atoms with E-state index in [0.29, 0.717) is 0 Å². The van der Waals surface area contributed by atoms with Gasteiger partial charge >= 0.3 is 0 Å². The molecule has 0 bridgehead atoms. The first-order valence-corrected chi connectivity index (χ1v) is 5.91. The van der Waals surface area contributed by atoms with Gasteiger partial charge in [-0.2, -0.15) is 0 Å². The second kappa shape index (κ2) is 4.17. The summed E-state index contributed by atoms with van der Waals surface area (Å²) in [6.07, 6.45) is 0. The average Bonchev–Trinajstić information content (AvgIpc) is 2.65. The molecule has 0 amide bonds. The van der Waals surface area contributed by atoms with E-state index in [1.807, 2.05) is 18.3 Å². The van der Waals surface area contributed by atoms with Crippen LogP contribution in [0.25, 0.3) is 10.4 Å². The van der Waals surface area contributed by atoms with Crippen molar-refractivity contribution in [2.75, 3.05) is 0 Å². The zero-order chi connectivity index (χ0) is 10.8. The van der Waals surface area contributed by atoms with E-state index in [1.54, 1.807) is 0 Å². The van der Waals surface area contributed by atoms with Crippen LogP contribution in [-0.2, 0) is 0 Å². The first kappa shape index (κ1) is 10.4. The Morgan fingerprint density at radius 2 is 2.00 bits per heavy atom. The van der Waals surface area contributed by atoms with Gasteiger partial charge in [-0.25, -0.2) is 0 Å². The Hall–Kier alpha value is -1.12. The van der Waals surface area contributed by atoms with Gasteiger partial charge in [0.15, 0.2) is 0 Å². The van der Waals surface area contributed by atoms with Crippen LogP contribution in [0.2, 0.25) is 0 Å². The van der Waals surface area contributed by atoms with Gasteiger partial charge in [-0.3, -0.25) is 0 Å². The maximum absolute atomic E-state index is 5.87. The SMILES string of the molecule is Cc1ccc(-c2cccc(C(C)N)c2)s1. The topological polar surface area (TPSA) is 26.0 Å². The van der Waals surface area contributed by atoms with Crippen LogP contribution in [0.1, 0.15) is 23.4 Å². The molecule has 2 N–H and O–H groups in total. The number of thiophene rings is 1. The summed E-state index contributed by atoms with van der Waals surface area (Å²) in [4.78, 5) is 2.66. The fourth-order valence-electron chi connectivity index (χ4n) is 1.56. The Bertz CT molecular complexity index is 457. The lowest BCUT2D eigenvalue weighted by Crippen LogP contribution is -2.04. The summed E-state index contributed by atoms with van der Waals surface area (Å²) in [6.45, 7) is 4.14. The summed E-state index contributed by atoms with van der Waals surface area (Å²) < 4.78 is 0. The molecule has 1 nitrogen and oxygen atoms in total. The normalized spacial score (nSPS) is 12.7. The van der Waals surface area contributed by atoms with E-state index < -0.39 is 0 Å². The van der Waals surface area contributed by atoms with Crippen molar-refractivity contribution in [1.82, 2.24) is 0 Å². The van der Waals surface area contributed by atoms with Crippen molar-refractivity contribution in [3.63, 3.8) is 0 Å². The molecule has 0 aliphatic carbocycles. The van der Waals surface area contributed by atoms with E-state index in [-0.39, 0.29) is 6.04 Å². The smallest absolute Gasteiger partial charge is 0.0345 e. The maximum Gasteiger partial charge on any atom is 0.0345 e. The van der Waals surface area contributed by atoms with Crippen molar-refractivity contribution >= 4 is 11.3 Å². The van der Waals surface area contributed by atoms with Crippen LogP contribution >= 0.6 is 11.3 Å². The van der Waals surface area contributed by atoms with Crippen molar-refractivity contribution < 1.29 is 0 Å². The fourth-order valence-corrected chi connectivity index (χ4v) is 2.43. The Balaban J connectivity index is 2.41. The molecular formula is C13H15NS. The van der Waals surface area contributed by atoms with Crippen molar-refractivity contribution in [3.05, 3.63) is 46.8 Å². The van der Waals surface area contributed by atoms with Gasteiger partial charge in [0.05, 0.1) is 0 Å². The molecule has 1 aromatic carbocycles. The minimum Gasteiger partial charge on any atom is -0.324 e. The average molecular weight is 217 g/mol. The summed E-state index contributed by atoms with van der Waals surface area (Å²) in [5.41, 5.74) is 8.33. The molecule has 2 heteroatoms. The van der Waals surface area contributed by atoms with Gasteiger partial charge in [0.1, 0.15) is 0 Å². The van der Waals surface area contributed by atoms with Crippen LogP contribution in [0.3, 0.4) is 0 Å². The van der Waals surface area contributed by atoms with E-state index >= 15 is 0 Å². The Kier molecular flexibility index (Phi) is 2.89. The number of hydrogen-bond donors (Lipinski definition) is 1. The molecule has 0 spiro atoms. The molecule has 78 valence electrons. The number of rotatable bonds is 2. The standard InChI is InChI=1S/C13H15NS/c1-9-6-7-13(15-9)12-5-3-4-11(8-12)10(2)14/h3-8,10H,14H2,1-2H3. The third-order valence-corrected chi connectivity index (χ3v) is 3.49. The molecule has 15 heavy (non-hydrogen) atoms. The number of hydrogen-bond acceptors (Lipinski definition) is 2. The quantitative estimate of drug-likeness (QED) is 0.814. The summed E-state index contributed by atoms with van der Waals surface area (Å²) in [7, 11) is 0. The Labute approximate surface area is 94.6 Å². The molecule has 1 unspecified atom stereocenters. The van der Waals surface area contributed by atoms with Crippen molar-refractivity contribution in [3.8, 4) is 10.4 Å². The predicted molar refractivity (Wildman–Crippen MR) is 67.1 cm³/mol. The monoisotopic (exact) mass is 217 g/mol. The van der Waals surface area contributed by atoms with Crippen molar-refractivity contribution in [2.24, 2.45) is 5.73 Å². The summed E-state index contributed by atoms with van der Waals surface area (Å²) in [5.74, 6) is 0. The van der Waals surface area contributed by atoms with Gasteiger partial charge in [0, 0.05) is 15.8 Å². The van der Waals surface area contributed by atoms with Crippen LogP contribution in [-0.4, -0.2) is 0 Å². The van der Waals surface area contributed by atoms with Crippen molar-refractivity contribution in [1.29, 1.82) is 0 Å². The second-order valence-corrected chi connectivity index (χ2v) is 5.11. The predicted octanol–water partition coefficient (Wildman–Crippen LogP) is 3.74. The van der Waals surface area contributed by atoms with Gasteiger partial charge in [0.25, 0.3) is 0 Å². The summed E-state index contributed by atoms with van der Waals surface area (Å²) >= 11 is 1.82. The zero-order valence-corrected chi connectivity index (χ0v) is 9.84. The van der Waals surface area contributed by atoms with Gasteiger partial charge in [0.2, 0.25) is 0 Å². The molecule has 0 fully saturated rings. The lowest BCUT2D eigenvalue weighted by Gasteiger charge is -2.06. The summed E-state index contributed by atoms with van der Waals surface area (Å²) in [6, 6.07) is 12.9. The van der Waals surface area contributed by atoms with Crippen molar-refractivity contribution in [2.45, 2.75) is 19.9 Å². The van der Waals surface area contributed by atoms with Gasteiger partial charge in [-0.05, 0) is 43.2 Å². The molecule has 0 aliphatic rings. The van der Waals surface area contributed by atoms with Gasteiger partial charge in [-0.15, -0.1) is 11.3 Å². The summed E-state index contributed by atoms with van der Waals surface area (Å²) in [5, 5.41) is 0. The van der Waals surface area contributed by atoms with Crippen LogP contribution in [0.15, 0.2) is 36.4 Å². The van der Waals surface area contributed by atoms with E-state index in [1.165, 1.54) is 20.9 Å². The van der Waals surface area contributed by atoms with E-state index in [4.69, 9.17) is 5.73 Å². The molecule has 0 saturated carbocycles. The molecular weight excluding hydrogens is 202 g/mol. The third-order valence-electron chi connectivity index (χ3n) is 2.44. The first-order valence-electron chi connectivity index (χ1n) is 5.09. The van der Waals surface area contributed by atoms with Crippen LogP contribution < -0.4 is 5.73 Å². The second-order valence-electron chi connectivity index (χ2n) is 3.82. The van der Waals surface area contributed by atoms with Crippen LogP contribution in [0.4, 0.5) is 0 Å². The highest BCUT2D eigenvalue weighted by molar-refractivity contribution is 7.15. The molecule has 0 aliphatic heterocycles. The Morgan fingerprint density at radius 1 is 1.20 bits per heavy atom. The van der Waals surface area contributed by atoms with Gasteiger partial charge in [-0.1, -0.05) is 18.2 Å². The van der Waals surface area contributed by atoms with Gasteiger partial charge < -0.3 is 5.73 Å². The number of aryl methyl sites for hydroxylation is 1. The van der Waals surface area contributed by atoms with E-state index in [9.17, 15) is 0 Å². The molecule has 1 heterocycles. The highest BCUT2D eigenvalue weighted by Crippen LogP contribution is 2.28. The molecule has 1 aromatic heterocycles. The number of nitrogens with two attached hydrogens (primary N) is 1. The zero-order valence-electron chi connectivity index (χ0n) is 9.03. The lowest BCUT2D eigenvalue weighted by atomic mass is 10.1. The minimum absolute atomic E-state index is 0.103. The fraction of sp³-hybridized carbons (Fsp3) is 0.231. The highest BCUT2D eigenvalue weighted by atomic mass is 32.1.